The van der Waals surface area contributed by atoms with Crippen molar-refractivity contribution in [2.45, 2.75) is 6.92 Å². The summed E-state index contributed by atoms with van der Waals surface area (Å²) in [5, 5.41) is 1.77. The molecule has 0 amide bonds. The molecule has 0 saturated heterocycles. The number of carbonyl (C=O) groups excluding carboxylic acids is 1. The lowest BCUT2D eigenvalue weighted by Gasteiger charge is -2.05. The first kappa shape index (κ1) is 13.5. The van der Waals surface area contributed by atoms with E-state index < -0.39 is 23.0 Å². The maximum absolute atomic E-state index is 13.6. The fourth-order valence-corrected chi connectivity index (χ4v) is 2.89. The summed E-state index contributed by atoms with van der Waals surface area (Å²) >= 11 is 12.7. The van der Waals surface area contributed by atoms with Crippen molar-refractivity contribution in [2.24, 2.45) is 0 Å². The van der Waals surface area contributed by atoms with Gasteiger partial charge in [-0.05, 0) is 30.0 Å². The molecule has 0 unspecified atom stereocenters. The lowest BCUT2D eigenvalue weighted by Crippen LogP contribution is -2.06. The van der Waals surface area contributed by atoms with Crippen molar-refractivity contribution in [2.75, 3.05) is 0 Å². The Hall–Kier alpha value is -0.970. The van der Waals surface area contributed by atoms with Crippen LogP contribution in [0.25, 0.3) is 0 Å². The lowest BCUT2D eigenvalue weighted by molar-refractivity contribution is 0.103. The van der Waals surface area contributed by atoms with Crippen LogP contribution < -0.4 is 0 Å². The zero-order chi connectivity index (χ0) is 13.4. The highest BCUT2D eigenvalue weighted by Crippen LogP contribution is 2.32. The molecule has 1 aromatic carbocycles. The van der Waals surface area contributed by atoms with Crippen molar-refractivity contribution < 1.29 is 13.6 Å². The second-order valence-electron chi connectivity index (χ2n) is 3.61. The molecule has 0 N–H and O–H groups in total. The Morgan fingerprint density at radius 1 is 1.28 bits per heavy atom. The Labute approximate surface area is 116 Å². The molecular formula is C12H6Cl2F2OS. The van der Waals surface area contributed by atoms with Crippen LogP contribution >= 0.6 is 34.5 Å². The van der Waals surface area contributed by atoms with Crippen molar-refractivity contribution in [3.05, 3.63) is 55.2 Å². The van der Waals surface area contributed by atoms with Gasteiger partial charge in [-0.15, -0.1) is 11.3 Å². The van der Waals surface area contributed by atoms with Gasteiger partial charge in [0.15, 0.2) is 11.6 Å². The molecule has 0 radical (unpaired) electrons. The molecule has 2 aromatic rings. The molecule has 0 bridgehead atoms. The molecule has 0 fully saturated rings. The fourth-order valence-electron chi connectivity index (χ4n) is 1.43. The minimum atomic E-state index is -1.25. The zero-order valence-corrected chi connectivity index (χ0v) is 11.4. The molecule has 94 valence electrons. The van der Waals surface area contributed by atoms with E-state index in [1.807, 2.05) is 0 Å². The first-order valence-corrected chi connectivity index (χ1v) is 6.48. The Morgan fingerprint density at radius 2 is 1.94 bits per heavy atom. The van der Waals surface area contributed by atoms with E-state index in [0.717, 1.165) is 23.5 Å². The first-order valence-electron chi connectivity index (χ1n) is 4.85. The number of rotatable bonds is 2. The van der Waals surface area contributed by atoms with Crippen LogP contribution in [0.4, 0.5) is 8.78 Å². The Morgan fingerprint density at radius 3 is 2.50 bits per heavy atom. The number of hydrogen-bond donors (Lipinski definition) is 0. The van der Waals surface area contributed by atoms with Crippen molar-refractivity contribution in [1.82, 2.24) is 0 Å². The van der Waals surface area contributed by atoms with Gasteiger partial charge in [-0.3, -0.25) is 4.79 Å². The third-order valence-corrected chi connectivity index (χ3v) is 4.39. The summed E-state index contributed by atoms with van der Waals surface area (Å²) in [5.74, 6) is -3.08. The van der Waals surface area contributed by atoms with Crippen LogP contribution in [-0.4, -0.2) is 5.78 Å². The van der Waals surface area contributed by atoms with E-state index in [0.29, 0.717) is 5.56 Å². The zero-order valence-electron chi connectivity index (χ0n) is 9.06. The summed E-state index contributed by atoms with van der Waals surface area (Å²) in [6.07, 6.45) is 0. The smallest absolute Gasteiger partial charge is 0.209 e. The third kappa shape index (κ3) is 2.16. The summed E-state index contributed by atoms with van der Waals surface area (Å²) in [7, 11) is 0. The average molecular weight is 307 g/mol. The number of halogens is 4. The number of aryl methyl sites for hydroxylation is 1. The van der Waals surface area contributed by atoms with E-state index in [2.05, 4.69) is 0 Å². The van der Waals surface area contributed by atoms with Gasteiger partial charge in [0.25, 0.3) is 0 Å². The molecule has 0 aliphatic carbocycles. The molecule has 1 aromatic heterocycles. The van der Waals surface area contributed by atoms with Crippen LogP contribution in [0.3, 0.4) is 0 Å². The van der Waals surface area contributed by atoms with Crippen molar-refractivity contribution >= 4 is 40.3 Å². The van der Waals surface area contributed by atoms with Crippen LogP contribution in [0.2, 0.25) is 10.0 Å². The predicted octanol–water partition coefficient (Wildman–Crippen LogP) is 4.87. The second-order valence-corrected chi connectivity index (χ2v) is 5.27. The van der Waals surface area contributed by atoms with Crippen molar-refractivity contribution in [3.63, 3.8) is 0 Å². The largest absolute Gasteiger partial charge is 0.287 e. The maximum Gasteiger partial charge on any atom is 0.209 e. The normalized spacial score (nSPS) is 10.7. The third-order valence-electron chi connectivity index (χ3n) is 2.38. The van der Waals surface area contributed by atoms with Gasteiger partial charge in [0.05, 0.1) is 20.5 Å². The molecule has 0 aliphatic rings. The number of ketones is 1. The maximum atomic E-state index is 13.6. The van der Waals surface area contributed by atoms with Gasteiger partial charge < -0.3 is 0 Å². The molecule has 0 spiro atoms. The Kier molecular flexibility index (Phi) is 3.71. The summed E-state index contributed by atoms with van der Waals surface area (Å²) < 4.78 is 26.7. The molecule has 1 nitrogen and oxygen atoms in total. The average Bonchev–Trinajstić information content (AvgIpc) is 2.65. The number of benzene rings is 1. The molecule has 1 heterocycles. The highest BCUT2D eigenvalue weighted by Gasteiger charge is 2.24. The summed E-state index contributed by atoms with van der Waals surface area (Å²) in [6, 6.07) is 2.01. The number of hydrogen-bond acceptors (Lipinski definition) is 2. The number of carbonyl (C=O) groups is 1. The second kappa shape index (κ2) is 4.96. The van der Waals surface area contributed by atoms with E-state index >= 15 is 0 Å². The van der Waals surface area contributed by atoms with Crippen LogP contribution in [0.15, 0.2) is 17.5 Å². The topological polar surface area (TPSA) is 17.1 Å². The summed E-state index contributed by atoms with van der Waals surface area (Å²) in [4.78, 5) is 12.3. The number of thiophene rings is 1. The highest BCUT2D eigenvalue weighted by molar-refractivity contribution is 7.13. The van der Waals surface area contributed by atoms with Crippen LogP contribution in [0.1, 0.15) is 20.8 Å². The van der Waals surface area contributed by atoms with Gasteiger partial charge >= 0.3 is 0 Å². The van der Waals surface area contributed by atoms with Gasteiger partial charge in [0.1, 0.15) is 0 Å². The summed E-state index contributed by atoms with van der Waals surface area (Å²) in [6.45, 7) is 1.72. The standard InChI is InChI=1S/C12H6Cl2F2OS/c1-5-4-18-12(9(5)14)11(17)8-6(13)2-3-7(15)10(8)16/h2-4H,1H3. The minimum Gasteiger partial charge on any atom is -0.287 e. The SMILES string of the molecule is Cc1csc(C(=O)c2c(Cl)ccc(F)c2F)c1Cl. The van der Waals surface area contributed by atoms with Gasteiger partial charge in [0.2, 0.25) is 5.78 Å². The van der Waals surface area contributed by atoms with Crippen LogP contribution in [-0.2, 0) is 0 Å². The van der Waals surface area contributed by atoms with E-state index in [-0.39, 0.29) is 14.9 Å². The van der Waals surface area contributed by atoms with E-state index in [1.165, 1.54) is 0 Å². The molecule has 0 atom stereocenters. The molecule has 2 rings (SSSR count). The molecule has 0 saturated carbocycles. The van der Waals surface area contributed by atoms with Gasteiger partial charge in [-0.2, -0.15) is 0 Å². The van der Waals surface area contributed by atoms with Gasteiger partial charge in [-0.25, -0.2) is 8.78 Å². The molecule has 6 heteroatoms. The van der Waals surface area contributed by atoms with Gasteiger partial charge in [0, 0.05) is 0 Å². The van der Waals surface area contributed by atoms with Crippen molar-refractivity contribution in [3.8, 4) is 0 Å². The predicted molar refractivity (Wildman–Crippen MR) is 68.9 cm³/mol. The first-order chi connectivity index (χ1) is 8.43. The monoisotopic (exact) mass is 306 g/mol. The Balaban J connectivity index is 2.60. The molecular weight excluding hydrogens is 301 g/mol. The van der Waals surface area contributed by atoms with Crippen LogP contribution in [0.5, 0.6) is 0 Å². The van der Waals surface area contributed by atoms with E-state index in [9.17, 15) is 13.6 Å². The molecule has 0 aliphatic heterocycles. The fraction of sp³-hybridized carbons (Fsp3) is 0.0833. The summed E-state index contributed by atoms with van der Waals surface area (Å²) in [5.41, 5.74) is 0.221. The van der Waals surface area contributed by atoms with Crippen molar-refractivity contribution in [1.29, 1.82) is 0 Å². The van der Waals surface area contributed by atoms with E-state index in [1.54, 1.807) is 12.3 Å². The molecule has 18 heavy (non-hydrogen) atoms. The van der Waals surface area contributed by atoms with E-state index in [4.69, 9.17) is 23.2 Å². The Bertz CT molecular complexity index is 637. The van der Waals surface area contributed by atoms with Crippen LogP contribution in [0, 0.1) is 18.6 Å². The highest BCUT2D eigenvalue weighted by atomic mass is 35.5. The van der Waals surface area contributed by atoms with Gasteiger partial charge in [-0.1, -0.05) is 23.2 Å². The lowest BCUT2D eigenvalue weighted by atomic mass is 10.1. The minimum absolute atomic E-state index is 0.138. The quantitative estimate of drug-likeness (QED) is 0.571.